The predicted molar refractivity (Wildman–Crippen MR) is 99.3 cm³/mol. The first-order chi connectivity index (χ1) is 11.8. The van der Waals surface area contributed by atoms with Crippen molar-refractivity contribution >= 4 is 0 Å². The molecule has 0 radical (unpaired) electrons. The molecule has 3 heteroatoms. The molecule has 1 atom stereocenters. The SMILES string of the molecule is CCC(CN1CCN(Cc2ccccc2)CC1)Oc1ccccc1. The first-order valence-corrected chi connectivity index (χ1v) is 9.04. The van der Waals surface area contributed by atoms with Gasteiger partial charge in [0, 0.05) is 39.3 Å². The van der Waals surface area contributed by atoms with Crippen molar-refractivity contribution in [2.75, 3.05) is 32.7 Å². The van der Waals surface area contributed by atoms with Crippen LogP contribution in [0.15, 0.2) is 60.7 Å². The number of para-hydroxylation sites is 1. The van der Waals surface area contributed by atoms with Gasteiger partial charge in [0.25, 0.3) is 0 Å². The van der Waals surface area contributed by atoms with E-state index in [2.05, 4.69) is 47.1 Å². The predicted octanol–water partition coefficient (Wildman–Crippen LogP) is 3.66. The number of ether oxygens (including phenoxy) is 1. The molecule has 0 N–H and O–H groups in total. The fraction of sp³-hybridized carbons (Fsp3) is 0.429. The summed E-state index contributed by atoms with van der Waals surface area (Å²) >= 11 is 0. The largest absolute Gasteiger partial charge is 0.489 e. The lowest BCUT2D eigenvalue weighted by Crippen LogP contribution is -2.48. The van der Waals surface area contributed by atoms with Crippen molar-refractivity contribution in [1.29, 1.82) is 0 Å². The Hall–Kier alpha value is -1.84. The molecule has 0 amide bonds. The average Bonchev–Trinajstić information content (AvgIpc) is 2.64. The Bertz CT molecular complexity index is 579. The van der Waals surface area contributed by atoms with Gasteiger partial charge in [0.05, 0.1) is 0 Å². The van der Waals surface area contributed by atoms with E-state index in [1.54, 1.807) is 0 Å². The third-order valence-corrected chi connectivity index (χ3v) is 4.68. The Labute approximate surface area is 145 Å². The van der Waals surface area contributed by atoms with Crippen LogP contribution in [0, 0.1) is 0 Å². The van der Waals surface area contributed by atoms with E-state index in [0.29, 0.717) is 0 Å². The van der Waals surface area contributed by atoms with Crippen LogP contribution in [0.5, 0.6) is 5.75 Å². The minimum atomic E-state index is 0.271. The van der Waals surface area contributed by atoms with Gasteiger partial charge in [-0.2, -0.15) is 0 Å². The summed E-state index contributed by atoms with van der Waals surface area (Å²) in [5.74, 6) is 0.979. The van der Waals surface area contributed by atoms with Crippen molar-refractivity contribution in [3.05, 3.63) is 66.2 Å². The molecule has 1 heterocycles. The molecule has 0 saturated carbocycles. The molecule has 128 valence electrons. The molecular formula is C21H28N2O. The molecule has 0 bridgehead atoms. The molecule has 3 rings (SSSR count). The molecule has 1 unspecified atom stereocenters. The Kier molecular flexibility index (Phi) is 6.27. The Balaban J connectivity index is 1.44. The maximum Gasteiger partial charge on any atom is 0.119 e. The van der Waals surface area contributed by atoms with Gasteiger partial charge in [0.2, 0.25) is 0 Å². The summed E-state index contributed by atoms with van der Waals surface area (Å²) in [6.07, 6.45) is 1.31. The van der Waals surface area contributed by atoms with Crippen LogP contribution >= 0.6 is 0 Å². The Morgan fingerprint density at radius 2 is 1.42 bits per heavy atom. The number of hydrogen-bond acceptors (Lipinski definition) is 3. The summed E-state index contributed by atoms with van der Waals surface area (Å²) in [5, 5.41) is 0. The van der Waals surface area contributed by atoms with Crippen LogP contribution in [-0.2, 0) is 6.54 Å². The van der Waals surface area contributed by atoms with Crippen LogP contribution in [0.1, 0.15) is 18.9 Å². The Morgan fingerprint density at radius 1 is 0.833 bits per heavy atom. The van der Waals surface area contributed by atoms with Gasteiger partial charge in [-0.25, -0.2) is 0 Å². The molecule has 0 aromatic heterocycles. The van der Waals surface area contributed by atoms with E-state index in [1.165, 1.54) is 5.56 Å². The van der Waals surface area contributed by atoms with Crippen molar-refractivity contribution in [3.63, 3.8) is 0 Å². The highest BCUT2D eigenvalue weighted by molar-refractivity contribution is 5.21. The fourth-order valence-corrected chi connectivity index (χ4v) is 3.20. The molecule has 1 saturated heterocycles. The minimum absolute atomic E-state index is 0.271. The van der Waals surface area contributed by atoms with Crippen molar-refractivity contribution in [2.24, 2.45) is 0 Å². The van der Waals surface area contributed by atoms with Crippen molar-refractivity contribution < 1.29 is 4.74 Å². The zero-order valence-corrected chi connectivity index (χ0v) is 14.6. The van der Waals surface area contributed by atoms with E-state index >= 15 is 0 Å². The van der Waals surface area contributed by atoms with Gasteiger partial charge < -0.3 is 4.74 Å². The van der Waals surface area contributed by atoms with Crippen LogP contribution in [0.4, 0.5) is 0 Å². The molecule has 1 fully saturated rings. The van der Waals surface area contributed by atoms with Crippen LogP contribution in [0.2, 0.25) is 0 Å². The van der Waals surface area contributed by atoms with E-state index in [9.17, 15) is 0 Å². The zero-order valence-electron chi connectivity index (χ0n) is 14.6. The minimum Gasteiger partial charge on any atom is -0.489 e. The zero-order chi connectivity index (χ0) is 16.6. The maximum absolute atomic E-state index is 6.13. The van der Waals surface area contributed by atoms with Crippen molar-refractivity contribution in [3.8, 4) is 5.75 Å². The second-order valence-electron chi connectivity index (χ2n) is 6.52. The second-order valence-corrected chi connectivity index (χ2v) is 6.52. The van der Waals surface area contributed by atoms with Gasteiger partial charge in [-0.1, -0.05) is 55.5 Å². The first-order valence-electron chi connectivity index (χ1n) is 9.04. The van der Waals surface area contributed by atoms with Gasteiger partial charge in [0.15, 0.2) is 0 Å². The van der Waals surface area contributed by atoms with Crippen LogP contribution in [0.25, 0.3) is 0 Å². The number of rotatable bonds is 7. The van der Waals surface area contributed by atoms with Crippen LogP contribution in [0.3, 0.4) is 0 Å². The third-order valence-electron chi connectivity index (χ3n) is 4.68. The van der Waals surface area contributed by atoms with Crippen molar-refractivity contribution in [1.82, 2.24) is 9.80 Å². The molecule has 0 spiro atoms. The van der Waals surface area contributed by atoms with Gasteiger partial charge in [0.1, 0.15) is 11.9 Å². The molecule has 24 heavy (non-hydrogen) atoms. The molecule has 3 nitrogen and oxygen atoms in total. The quantitative estimate of drug-likeness (QED) is 0.773. The number of hydrogen-bond donors (Lipinski definition) is 0. The summed E-state index contributed by atoms with van der Waals surface area (Å²) in [6.45, 7) is 8.81. The highest BCUT2D eigenvalue weighted by Gasteiger charge is 2.20. The molecule has 1 aliphatic rings. The van der Waals surface area contributed by atoms with Crippen LogP contribution in [-0.4, -0.2) is 48.6 Å². The van der Waals surface area contributed by atoms with E-state index in [4.69, 9.17) is 4.74 Å². The standard InChI is InChI=1S/C21H28N2O/c1-2-20(24-21-11-7-4-8-12-21)18-23-15-13-22(14-16-23)17-19-9-5-3-6-10-19/h3-12,20H,2,13-18H2,1H3. The lowest BCUT2D eigenvalue weighted by Gasteiger charge is -2.36. The highest BCUT2D eigenvalue weighted by Crippen LogP contribution is 2.15. The normalized spacial score (nSPS) is 17.5. The maximum atomic E-state index is 6.13. The van der Waals surface area contributed by atoms with Gasteiger partial charge >= 0.3 is 0 Å². The number of benzene rings is 2. The summed E-state index contributed by atoms with van der Waals surface area (Å²) < 4.78 is 6.13. The summed E-state index contributed by atoms with van der Waals surface area (Å²) in [5.41, 5.74) is 1.41. The molecular weight excluding hydrogens is 296 g/mol. The second kappa shape index (κ2) is 8.86. The van der Waals surface area contributed by atoms with Gasteiger partial charge in [-0.3, -0.25) is 9.80 Å². The average molecular weight is 324 g/mol. The summed E-state index contributed by atoms with van der Waals surface area (Å²) in [6, 6.07) is 20.9. The van der Waals surface area contributed by atoms with E-state index in [1.807, 2.05) is 30.3 Å². The van der Waals surface area contributed by atoms with Gasteiger partial charge in [-0.05, 0) is 24.1 Å². The molecule has 2 aromatic carbocycles. The lowest BCUT2D eigenvalue weighted by atomic mass is 10.2. The Morgan fingerprint density at radius 3 is 2.04 bits per heavy atom. The third kappa shape index (κ3) is 5.08. The van der Waals surface area contributed by atoms with Gasteiger partial charge in [-0.15, -0.1) is 0 Å². The molecule has 0 aliphatic carbocycles. The highest BCUT2D eigenvalue weighted by atomic mass is 16.5. The molecule has 2 aromatic rings. The monoisotopic (exact) mass is 324 g/mol. The van der Waals surface area contributed by atoms with E-state index in [0.717, 1.165) is 51.4 Å². The summed E-state index contributed by atoms with van der Waals surface area (Å²) in [7, 11) is 0. The summed E-state index contributed by atoms with van der Waals surface area (Å²) in [4.78, 5) is 5.09. The number of nitrogens with zero attached hydrogens (tertiary/aromatic N) is 2. The van der Waals surface area contributed by atoms with Crippen molar-refractivity contribution in [2.45, 2.75) is 26.0 Å². The fourth-order valence-electron chi connectivity index (χ4n) is 3.20. The first kappa shape index (κ1) is 17.0. The lowest BCUT2D eigenvalue weighted by molar-refractivity contribution is 0.0794. The number of piperazine rings is 1. The van der Waals surface area contributed by atoms with E-state index < -0.39 is 0 Å². The topological polar surface area (TPSA) is 15.7 Å². The van der Waals surface area contributed by atoms with E-state index in [-0.39, 0.29) is 6.10 Å². The molecule has 1 aliphatic heterocycles. The smallest absolute Gasteiger partial charge is 0.119 e. The van der Waals surface area contributed by atoms with Crippen LogP contribution < -0.4 is 4.74 Å².